The molecule has 0 N–H and O–H groups in total. The van der Waals surface area contributed by atoms with Gasteiger partial charge in [-0.1, -0.05) is 72.8 Å². The van der Waals surface area contributed by atoms with E-state index < -0.39 is 0 Å². The Balaban J connectivity index is 1.10. The van der Waals surface area contributed by atoms with Gasteiger partial charge in [0.2, 0.25) is 0 Å². The molecule has 2 aromatic heterocycles. The van der Waals surface area contributed by atoms with Gasteiger partial charge in [0.15, 0.2) is 0 Å². The fourth-order valence-corrected chi connectivity index (χ4v) is 11.9. The van der Waals surface area contributed by atoms with Crippen LogP contribution in [0.2, 0.25) is 0 Å². The molecule has 12 aromatic rings. The molecule has 0 fully saturated rings. The smallest absolute Gasteiger partial charge is 0.0617 e. The summed E-state index contributed by atoms with van der Waals surface area (Å²) < 4.78 is 5.35. The molecule has 0 spiro atoms. The van der Waals surface area contributed by atoms with E-state index in [1.807, 2.05) is 0 Å². The number of hydrogen-bond donors (Lipinski definition) is 0. The summed E-state index contributed by atoms with van der Waals surface area (Å²) in [5.74, 6) is 0. The van der Waals surface area contributed by atoms with Gasteiger partial charge in [0.05, 0.1) is 0 Å². The third-order valence-electron chi connectivity index (χ3n) is 12.4. The Kier molecular flexibility index (Phi) is 8.92. The third-order valence-corrected chi connectivity index (χ3v) is 14.9. The molecule has 2 heterocycles. The molecule has 0 atom stereocenters. The van der Waals surface area contributed by atoms with E-state index in [0.717, 1.165) is 5.69 Å². The molecule has 290 valence electrons. The molecule has 0 saturated heterocycles. The molecule has 2 heteroatoms. The van der Waals surface area contributed by atoms with Crippen LogP contribution in [0, 0.1) is 0 Å². The van der Waals surface area contributed by atoms with E-state index in [2.05, 4.69) is 241 Å². The van der Waals surface area contributed by atoms with Gasteiger partial charge >= 0.3 is 261 Å². The zero-order valence-corrected chi connectivity index (χ0v) is 35.6. The summed E-state index contributed by atoms with van der Waals surface area (Å²) in [6, 6.07) is 87.3. The van der Waals surface area contributed by atoms with Gasteiger partial charge in [0.1, 0.15) is 0 Å². The number of para-hydroxylation sites is 1. The maximum atomic E-state index is 2.46. The minimum atomic E-state index is 0.231. The Bertz CT molecular complexity index is 3600. The van der Waals surface area contributed by atoms with Gasteiger partial charge < -0.3 is 0 Å². The second-order valence-electron chi connectivity index (χ2n) is 16.1. The van der Waals surface area contributed by atoms with Crippen molar-refractivity contribution in [3.05, 3.63) is 237 Å². The number of fused-ring (bicyclic) bond motifs is 6. The standard InChI is InChI=1S/C60H39NSe/c1-5-16-40(17-6-1)43-22-15-23-44(32-43)47-33-48(35-49(34-47)50-37-54(42-20-9-3-10-21-42)60-56(38-50)53-26-13-14-27-59(53)62-60)46-28-30-52-55-36-45(41-18-7-2-8-19-41)29-31-57(55)61(58(52)39-46)51-24-11-4-12-25-51/h1-39H. The number of nitrogens with zero attached hydrogens (tertiary/aromatic N) is 1. The molecule has 0 aliphatic rings. The van der Waals surface area contributed by atoms with E-state index in [1.54, 1.807) is 0 Å². The third kappa shape index (κ3) is 6.41. The molecule has 0 amide bonds. The molecule has 0 aliphatic carbocycles. The first kappa shape index (κ1) is 36.4. The molecular weight excluding hydrogens is 814 g/mol. The first-order chi connectivity index (χ1) is 30.7. The predicted octanol–water partition coefficient (Wildman–Crippen LogP) is 16.1. The zero-order chi connectivity index (χ0) is 41.0. The number of hydrogen-bond acceptors (Lipinski definition) is 0. The molecule has 0 radical (unpaired) electrons. The quantitative estimate of drug-likeness (QED) is 0.141. The van der Waals surface area contributed by atoms with Crippen LogP contribution in [0.4, 0.5) is 0 Å². The van der Waals surface area contributed by atoms with Crippen LogP contribution in [0.25, 0.3) is 114 Å². The second-order valence-corrected chi connectivity index (χ2v) is 18.3. The van der Waals surface area contributed by atoms with Gasteiger partial charge in [-0.15, -0.1) is 0 Å². The van der Waals surface area contributed by atoms with Crippen LogP contribution in [-0.4, -0.2) is 19.1 Å². The molecule has 0 aliphatic heterocycles. The fraction of sp³-hybridized carbons (Fsp3) is 0. The van der Waals surface area contributed by atoms with E-state index in [0.29, 0.717) is 0 Å². The van der Waals surface area contributed by atoms with Crippen molar-refractivity contribution in [2.75, 3.05) is 0 Å². The SMILES string of the molecule is c1ccc(-c2cccc(-c3cc(-c4cc(-c5ccccc5)c5[se]c6ccccc6c5c4)cc(-c4ccc5c6cc(-c7ccccc7)ccc6n(-c6ccccc6)c5c4)c3)c2)cc1. The van der Waals surface area contributed by atoms with Crippen LogP contribution >= 0.6 is 0 Å². The van der Waals surface area contributed by atoms with Crippen LogP contribution < -0.4 is 0 Å². The van der Waals surface area contributed by atoms with Gasteiger partial charge in [-0.25, -0.2) is 0 Å². The van der Waals surface area contributed by atoms with Crippen LogP contribution in [0.5, 0.6) is 0 Å². The van der Waals surface area contributed by atoms with Crippen LogP contribution in [0.1, 0.15) is 0 Å². The molecule has 12 rings (SSSR count). The molecule has 0 unspecified atom stereocenters. The maximum absolute atomic E-state index is 2.46. The first-order valence-electron chi connectivity index (χ1n) is 21.2. The zero-order valence-electron chi connectivity index (χ0n) is 33.9. The van der Waals surface area contributed by atoms with E-state index in [-0.39, 0.29) is 14.5 Å². The van der Waals surface area contributed by atoms with E-state index in [1.165, 1.54) is 108 Å². The van der Waals surface area contributed by atoms with Gasteiger partial charge in [0, 0.05) is 0 Å². The van der Waals surface area contributed by atoms with Crippen LogP contribution in [-0.2, 0) is 0 Å². The van der Waals surface area contributed by atoms with Crippen molar-refractivity contribution in [3.63, 3.8) is 0 Å². The predicted molar refractivity (Wildman–Crippen MR) is 265 cm³/mol. The van der Waals surface area contributed by atoms with Crippen molar-refractivity contribution in [2.24, 2.45) is 0 Å². The summed E-state index contributed by atoms with van der Waals surface area (Å²) in [6.07, 6.45) is 0. The first-order valence-corrected chi connectivity index (χ1v) is 22.9. The average molecular weight is 853 g/mol. The van der Waals surface area contributed by atoms with Gasteiger partial charge in [-0.3, -0.25) is 0 Å². The number of benzene rings is 10. The van der Waals surface area contributed by atoms with E-state index in [9.17, 15) is 0 Å². The summed E-state index contributed by atoms with van der Waals surface area (Å²) in [5.41, 5.74) is 18.2. The van der Waals surface area contributed by atoms with Crippen LogP contribution in [0.15, 0.2) is 237 Å². The molecule has 0 saturated carbocycles. The van der Waals surface area contributed by atoms with Gasteiger partial charge in [-0.2, -0.15) is 0 Å². The van der Waals surface area contributed by atoms with Crippen molar-refractivity contribution >= 4 is 55.6 Å². The molecule has 10 aromatic carbocycles. The van der Waals surface area contributed by atoms with Crippen molar-refractivity contribution in [1.29, 1.82) is 0 Å². The molecular formula is C60H39NSe. The van der Waals surface area contributed by atoms with E-state index in [4.69, 9.17) is 0 Å². The topological polar surface area (TPSA) is 4.93 Å². The van der Waals surface area contributed by atoms with Crippen LogP contribution in [0.3, 0.4) is 0 Å². The Morgan fingerprint density at radius 3 is 1.44 bits per heavy atom. The molecule has 0 bridgehead atoms. The van der Waals surface area contributed by atoms with Crippen molar-refractivity contribution in [3.8, 4) is 72.4 Å². The van der Waals surface area contributed by atoms with Crippen molar-refractivity contribution in [1.82, 2.24) is 4.57 Å². The van der Waals surface area contributed by atoms with Gasteiger partial charge in [-0.05, 0) is 35.4 Å². The monoisotopic (exact) mass is 853 g/mol. The Morgan fingerprint density at radius 1 is 0.258 bits per heavy atom. The summed E-state index contributed by atoms with van der Waals surface area (Å²) in [6.45, 7) is 0. The van der Waals surface area contributed by atoms with Gasteiger partial charge in [0.25, 0.3) is 0 Å². The fourth-order valence-electron chi connectivity index (χ4n) is 9.33. The second kappa shape index (κ2) is 15.2. The molecule has 62 heavy (non-hydrogen) atoms. The number of aromatic nitrogens is 1. The summed E-state index contributed by atoms with van der Waals surface area (Å²) in [5, 5.41) is 5.21. The Morgan fingerprint density at radius 2 is 0.742 bits per heavy atom. The van der Waals surface area contributed by atoms with E-state index >= 15 is 0 Å². The summed E-state index contributed by atoms with van der Waals surface area (Å²) >= 11 is 0.231. The number of rotatable bonds is 7. The normalized spacial score (nSPS) is 11.5. The van der Waals surface area contributed by atoms with Crippen molar-refractivity contribution < 1.29 is 0 Å². The summed E-state index contributed by atoms with van der Waals surface area (Å²) in [7, 11) is 0. The average Bonchev–Trinajstić information content (AvgIpc) is 3.90. The Labute approximate surface area is 367 Å². The summed E-state index contributed by atoms with van der Waals surface area (Å²) in [4.78, 5) is 0. The molecule has 1 nitrogen and oxygen atoms in total. The minimum absolute atomic E-state index is 0.231. The van der Waals surface area contributed by atoms with Crippen molar-refractivity contribution in [2.45, 2.75) is 0 Å². The Hall–Kier alpha value is -7.48. The minimum Gasteiger partial charge on any atom is -0.0617 e.